The fourth-order valence-electron chi connectivity index (χ4n) is 2.79. The van der Waals surface area contributed by atoms with Crippen LogP contribution in [0.4, 0.5) is 16.4 Å². The van der Waals surface area contributed by atoms with Crippen molar-refractivity contribution in [2.45, 2.75) is 20.4 Å². The number of aryl methyl sites for hydroxylation is 2. The van der Waals surface area contributed by atoms with Crippen LogP contribution in [0.25, 0.3) is 0 Å². The molecule has 0 spiro atoms. The zero-order valence-electron chi connectivity index (χ0n) is 14.6. The lowest BCUT2D eigenvalue weighted by molar-refractivity contribution is 0.122. The smallest absolute Gasteiger partial charge is 0.319 e. The predicted molar refractivity (Wildman–Crippen MR) is 96.8 cm³/mol. The zero-order chi connectivity index (χ0) is 17.6. The lowest BCUT2D eigenvalue weighted by atomic mass is 10.1. The van der Waals surface area contributed by atoms with Crippen LogP contribution < -0.4 is 15.5 Å². The Kier molecular flexibility index (Phi) is 5.45. The molecule has 0 aliphatic carbocycles. The van der Waals surface area contributed by atoms with E-state index >= 15 is 0 Å². The number of carbonyl (C=O) groups excluding carboxylic acids is 1. The summed E-state index contributed by atoms with van der Waals surface area (Å²) in [5.74, 6) is 0.678. The van der Waals surface area contributed by atoms with Gasteiger partial charge in [0.05, 0.1) is 25.5 Å². The van der Waals surface area contributed by atoms with Gasteiger partial charge in [0.2, 0.25) is 5.95 Å². The van der Waals surface area contributed by atoms with Gasteiger partial charge in [0, 0.05) is 25.0 Å². The number of hydrogen-bond donors (Lipinski definition) is 2. The second-order valence-corrected chi connectivity index (χ2v) is 6.13. The third-order valence-corrected chi connectivity index (χ3v) is 3.90. The number of benzene rings is 1. The summed E-state index contributed by atoms with van der Waals surface area (Å²) in [7, 11) is 0. The Morgan fingerprint density at radius 1 is 1.20 bits per heavy atom. The Morgan fingerprint density at radius 2 is 1.92 bits per heavy atom. The van der Waals surface area contributed by atoms with E-state index in [4.69, 9.17) is 4.74 Å². The van der Waals surface area contributed by atoms with Crippen molar-refractivity contribution in [1.82, 2.24) is 15.3 Å². The van der Waals surface area contributed by atoms with E-state index in [0.717, 1.165) is 35.6 Å². The molecule has 0 radical (unpaired) electrons. The number of hydrogen-bond acceptors (Lipinski definition) is 5. The molecule has 1 aliphatic rings. The van der Waals surface area contributed by atoms with E-state index in [1.807, 2.05) is 26.0 Å². The van der Waals surface area contributed by atoms with Gasteiger partial charge in [-0.15, -0.1) is 0 Å². The minimum absolute atomic E-state index is 0.253. The Bertz CT molecular complexity index is 724. The van der Waals surface area contributed by atoms with Crippen LogP contribution in [-0.2, 0) is 11.3 Å². The number of morpholine rings is 1. The van der Waals surface area contributed by atoms with Crippen molar-refractivity contribution in [3.8, 4) is 0 Å². The third-order valence-electron chi connectivity index (χ3n) is 3.90. The number of ether oxygens (including phenoxy) is 1. The highest BCUT2D eigenvalue weighted by atomic mass is 16.5. The molecule has 3 rings (SSSR count). The van der Waals surface area contributed by atoms with Crippen LogP contribution in [0.1, 0.15) is 16.8 Å². The molecule has 1 fully saturated rings. The van der Waals surface area contributed by atoms with Crippen molar-refractivity contribution in [2.75, 3.05) is 36.5 Å². The highest BCUT2D eigenvalue weighted by molar-refractivity contribution is 5.89. The molecule has 0 unspecified atom stereocenters. The van der Waals surface area contributed by atoms with Crippen LogP contribution in [0, 0.1) is 13.8 Å². The van der Waals surface area contributed by atoms with E-state index < -0.39 is 0 Å². The lowest BCUT2D eigenvalue weighted by Crippen LogP contribution is -2.37. The van der Waals surface area contributed by atoms with Gasteiger partial charge < -0.3 is 20.3 Å². The maximum atomic E-state index is 12.1. The van der Waals surface area contributed by atoms with Gasteiger partial charge in [-0.2, -0.15) is 0 Å². The van der Waals surface area contributed by atoms with Crippen molar-refractivity contribution < 1.29 is 9.53 Å². The SMILES string of the molecule is Cc1cc(C)cc(NC(=O)NCc2ccnc(N3CCOCC3)n2)c1. The first-order valence-electron chi connectivity index (χ1n) is 8.38. The molecule has 0 saturated carbocycles. The monoisotopic (exact) mass is 341 g/mol. The molecule has 0 bridgehead atoms. The average molecular weight is 341 g/mol. The summed E-state index contributed by atoms with van der Waals surface area (Å²) in [6, 6.07) is 7.50. The van der Waals surface area contributed by atoms with Crippen LogP contribution in [0.2, 0.25) is 0 Å². The molecule has 7 nitrogen and oxygen atoms in total. The zero-order valence-corrected chi connectivity index (χ0v) is 14.6. The van der Waals surface area contributed by atoms with Crippen molar-refractivity contribution in [3.63, 3.8) is 0 Å². The molecule has 1 aromatic heterocycles. The van der Waals surface area contributed by atoms with Crippen LogP contribution in [0.5, 0.6) is 0 Å². The summed E-state index contributed by atoms with van der Waals surface area (Å²) in [6.07, 6.45) is 1.72. The van der Waals surface area contributed by atoms with Gasteiger partial charge in [-0.1, -0.05) is 6.07 Å². The first-order valence-corrected chi connectivity index (χ1v) is 8.38. The maximum absolute atomic E-state index is 12.1. The minimum Gasteiger partial charge on any atom is -0.378 e. The number of carbonyl (C=O) groups is 1. The Morgan fingerprint density at radius 3 is 2.64 bits per heavy atom. The van der Waals surface area contributed by atoms with Crippen LogP contribution in [-0.4, -0.2) is 42.3 Å². The molecule has 25 heavy (non-hydrogen) atoms. The van der Waals surface area contributed by atoms with Crippen LogP contribution >= 0.6 is 0 Å². The van der Waals surface area contributed by atoms with E-state index in [0.29, 0.717) is 25.7 Å². The highest BCUT2D eigenvalue weighted by Gasteiger charge is 2.14. The number of nitrogens with one attached hydrogen (secondary N) is 2. The number of aromatic nitrogens is 2. The summed E-state index contributed by atoms with van der Waals surface area (Å²) >= 11 is 0. The molecule has 2 N–H and O–H groups in total. The first kappa shape index (κ1) is 17.2. The molecule has 0 atom stereocenters. The molecule has 1 aliphatic heterocycles. The number of nitrogens with zero attached hydrogens (tertiary/aromatic N) is 3. The highest BCUT2D eigenvalue weighted by Crippen LogP contribution is 2.14. The summed E-state index contributed by atoms with van der Waals surface area (Å²) in [4.78, 5) is 23.0. The van der Waals surface area contributed by atoms with Crippen LogP contribution in [0.15, 0.2) is 30.5 Å². The summed E-state index contributed by atoms with van der Waals surface area (Å²) in [6.45, 7) is 7.28. The molecule has 2 heterocycles. The van der Waals surface area contributed by atoms with E-state index in [9.17, 15) is 4.79 Å². The number of anilines is 2. The summed E-state index contributed by atoms with van der Waals surface area (Å²) < 4.78 is 5.34. The van der Waals surface area contributed by atoms with Gasteiger partial charge in [0.25, 0.3) is 0 Å². The fraction of sp³-hybridized carbons (Fsp3) is 0.389. The van der Waals surface area contributed by atoms with E-state index in [1.54, 1.807) is 12.3 Å². The molecule has 2 aromatic rings. The number of rotatable bonds is 4. The van der Waals surface area contributed by atoms with Crippen LogP contribution in [0.3, 0.4) is 0 Å². The Balaban J connectivity index is 1.56. The van der Waals surface area contributed by atoms with Crippen molar-refractivity contribution in [1.29, 1.82) is 0 Å². The standard InChI is InChI=1S/C18H23N5O2/c1-13-9-14(2)11-16(10-13)22-18(24)20-12-15-3-4-19-17(21-15)23-5-7-25-8-6-23/h3-4,9-11H,5-8,12H2,1-2H3,(H2,20,22,24). The minimum atomic E-state index is -0.253. The average Bonchev–Trinajstić information content (AvgIpc) is 2.60. The van der Waals surface area contributed by atoms with Crippen molar-refractivity contribution >= 4 is 17.7 Å². The third kappa shape index (κ3) is 4.90. The maximum Gasteiger partial charge on any atom is 0.319 e. The summed E-state index contributed by atoms with van der Waals surface area (Å²) in [5, 5.41) is 5.68. The topological polar surface area (TPSA) is 79.4 Å². The fourth-order valence-corrected chi connectivity index (χ4v) is 2.79. The first-order chi connectivity index (χ1) is 12.1. The Labute approximate surface area is 147 Å². The predicted octanol–water partition coefficient (Wildman–Crippen LogP) is 2.25. The second kappa shape index (κ2) is 7.94. The summed E-state index contributed by atoms with van der Waals surface area (Å²) in [5.41, 5.74) is 3.78. The molecule has 1 saturated heterocycles. The quantitative estimate of drug-likeness (QED) is 0.892. The van der Waals surface area contributed by atoms with E-state index in [1.165, 1.54) is 0 Å². The number of urea groups is 1. The largest absolute Gasteiger partial charge is 0.378 e. The Hall–Kier alpha value is -2.67. The van der Waals surface area contributed by atoms with E-state index in [-0.39, 0.29) is 6.03 Å². The van der Waals surface area contributed by atoms with Gasteiger partial charge in [0.15, 0.2) is 0 Å². The lowest BCUT2D eigenvalue weighted by Gasteiger charge is -2.26. The van der Waals surface area contributed by atoms with Gasteiger partial charge in [0.1, 0.15) is 0 Å². The second-order valence-electron chi connectivity index (χ2n) is 6.13. The van der Waals surface area contributed by atoms with Crippen molar-refractivity contribution in [3.05, 3.63) is 47.3 Å². The van der Waals surface area contributed by atoms with Gasteiger partial charge in [-0.25, -0.2) is 14.8 Å². The van der Waals surface area contributed by atoms with Gasteiger partial charge >= 0.3 is 6.03 Å². The normalized spacial score (nSPS) is 14.2. The molecule has 7 heteroatoms. The van der Waals surface area contributed by atoms with Gasteiger partial charge in [-0.05, 0) is 43.2 Å². The molecular weight excluding hydrogens is 318 g/mol. The molecule has 132 valence electrons. The molecule has 2 amide bonds. The van der Waals surface area contributed by atoms with Crippen molar-refractivity contribution in [2.24, 2.45) is 0 Å². The molecule has 1 aromatic carbocycles. The molecular formula is C18H23N5O2. The number of amides is 2. The van der Waals surface area contributed by atoms with Gasteiger partial charge in [-0.3, -0.25) is 0 Å². The van der Waals surface area contributed by atoms with E-state index in [2.05, 4.69) is 31.6 Å².